The molecule has 0 unspecified atom stereocenters. The van der Waals surface area contributed by atoms with Crippen LogP contribution in [0.3, 0.4) is 0 Å². The summed E-state index contributed by atoms with van der Waals surface area (Å²) in [4.78, 5) is 2.37. The van der Waals surface area contributed by atoms with Gasteiger partial charge in [0.1, 0.15) is 11.2 Å². The normalized spacial score (nSPS) is 13.1. The highest BCUT2D eigenvalue weighted by Crippen LogP contribution is 2.51. The Balaban J connectivity index is 0.999. The van der Waals surface area contributed by atoms with E-state index >= 15 is 0 Å². The number of hydrogen-bond donors (Lipinski definition) is 0. The molecule has 0 bridgehead atoms. The van der Waals surface area contributed by atoms with E-state index in [1.807, 2.05) is 12.1 Å². The summed E-state index contributed by atoms with van der Waals surface area (Å²) in [5.74, 6) is 0. The van der Waals surface area contributed by atoms with Crippen molar-refractivity contribution >= 4 is 60.5 Å². The molecule has 2 heteroatoms. The molecule has 0 amide bonds. The summed E-state index contributed by atoms with van der Waals surface area (Å²) >= 11 is 0. The first-order chi connectivity index (χ1) is 27.0. The molecule has 0 aliphatic heterocycles. The van der Waals surface area contributed by atoms with Gasteiger partial charge in [0.25, 0.3) is 0 Å². The van der Waals surface area contributed by atoms with Crippen LogP contribution in [0.1, 0.15) is 25.0 Å². The van der Waals surface area contributed by atoms with Crippen LogP contribution >= 0.6 is 0 Å². The number of fused-ring (bicyclic) bond motifs is 8. The van der Waals surface area contributed by atoms with Gasteiger partial charge >= 0.3 is 0 Å². The lowest BCUT2D eigenvalue weighted by atomic mass is 9.82. The number of hydrogen-bond acceptors (Lipinski definition) is 2. The van der Waals surface area contributed by atoms with E-state index in [1.165, 1.54) is 66.1 Å². The van der Waals surface area contributed by atoms with E-state index in [2.05, 4.69) is 195 Å². The number of rotatable bonds is 5. The Morgan fingerprint density at radius 2 is 0.909 bits per heavy atom. The van der Waals surface area contributed by atoms with Crippen molar-refractivity contribution in [3.8, 4) is 33.4 Å². The van der Waals surface area contributed by atoms with Crippen molar-refractivity contribution in [2.75, 3.05) is 4.90 Å². The summed E-state index contributed by atoms with van der Waals surface area (Å²) in [5.41, 5.74) is 15.1. The smallest absolute Gasteiger partial charge is 0.137 e. The predicted molar refractivity (Wildman–Crippen MR) is 232 cm³/mol. The van der Waals surface area contributed by atoms with E-state index in [0.717, 1.165) is 39.0 Å². The van der Waals surface area contributed by atoms with Crippen molar-refractivity contribution in [1.29, 1.82) is 0 Å². The van der Waals surface area contributed by atoms with Gasteiger partial charge in [0, 0.05) is 39.3 Å². The van der Waals surface area contributed by atoms with Gasteiger partial charge in [-0.05, 0) is 127 Å². The zero-order valence-corrected chi connectivity index (χ0v) is 30.8. The van der Waals surface area contributed by atoms with E-state index in [9.17, 15) is 0 Å². The summed E-state index contributed by atoms with van der Waals surface area (Å²) in [6, 6.07) is 68.6. The predicted octanol–water partition coefficient (Wildman–Crippen LogP) is 15.0. The molecule has 1 aliphatic rings. The molecule has 260 valence electrons. The number of nitrogens with zero attached hydrogens (tertiary/aromatic N) is 1. The van der Waals surface area contributed by atoms with Gasteiger partial charge in [-0.2, -0.15) is 0 Å². The van der Waals surface area contributed by atoms with Crippen LogP contribution < -0.4 is 4.90 Å². The van der Waals surface area contributed by atoms with Crippen LogP contribution in [-0.4, -0.2) is 0 Å². The van der Waals surface area contributed by atoms with Crippen LogP contribution in [0.25, 0.3) is 76.9 Å². The van der Waals surface area contributed by atoms with Gasteiger partial charge in [-0.15, -0.1) is 0 Å². The lowest BCUT2D eigenvalue weighted by Gasteiger charge is -2.28. The zero-order valence-electron chi connectivity index (χ0n) is 30.8. The summed E-state index contributed by atoms with van der Waals surface area (Å²) in [6.45, 7) is 4.69. The van der Waals surface area contributed by atoms with E-state index in [-0.39, 0.29) is 5.41 Å². The Kier molecular flexibility index (Phi) is 6.93. The second-order valence-electron chi connectivity index (χ2n) is 15.4. The summed E-state index contributed by atoms with van der Waals surface area (Å²) in [5, 5.41) is 7.25. The maximum absolute atomic E-state index is 6.41. The molecule has 0 saturated heterocycles. The molecular formula is C53H37NO. The third-order valence-electron chi connectivity index (χ3n) is 11.8. The molecule has 0 saturated carbocycles. The average Bonchev–Trinajstić information content (AvgIpc) is 3.72. The molecule has 0 N–H and O–H groups in total. The molecule has 0 spiro atoms. The number of benzene rings is 9. The largest absolute Gasteiger partial charge is 0.456 e. The van der Waals surface area contributed by atoms with Crippen LogP contribution in [0.15, 0.2) is 192 Å². The SMILES string of the molecule is CC1(C)c2ccccc2-c2ccc(N(c3ccc(-c4ccc5ccc(-c6ccc7ccccc7c6)cc5c4)cc3)c3ccc4c(c3)oc3ccccc34)cc21. The van der Waals surface area contributed by atoms with E-state index < -0.39 is 0 Å². The molecule has 1 aliphatic carbocycles. The lowest BCUT2D eigenvalue weighted by molar-refractivity contribution is 0.660. The summed E-state index contributed by atoms with van der Waals surface area (Å²) in [6.07, 6.45) is 0. The fourth-order valence-electron chi connectivity index (χ4n) is 8.91. The van der Waals surface area contributed by atoms with Gasteiger partial charge in [-0.3, -0.25) is 0 Å². The van der Waals surface area contributed by atoms with Crippen LogP contribution in [0.5, 0.6) is 0 Å². The minimum absolute atomic E-state index is 0.107. The van der Waals surface area contributed by atoms with Crippen LogP contribution in [0.4, 0.5) is 17.1 Å². The molecule has 0 atom stereocenters. The molecule has 9 aromatic carbocycles. The molecule has 11 rings (SSSR count). The van der Waals surface area contributed by atoms with Crippen molar-refractivity contribution in [2.45, 2.75) is 19.3 Å². The minimum Gasteiger partial charge on any atom is -0.456 e. The third kappa shape index (κ3) is 5.10. The maximum Gasteiger partial charge on any atom is 0.137 e. The van der Waals surface area contributed by atoms with Crippen LogP contribution in [0, 0.1) is 0 Å². The van der Waals surface area contributed by atoms with Gasteiger partial charge in [-0.25, -0.2) is 0 Å². The fourth-order valence-corrected chi connectivity index (χ4v) is 8.91. The first kappa shape index (κ1) is 31.6. The van der Waals surface area contributed by atoms with Gasteiger partial charge in [0.2, 0.25) is 0 Å². The highest BCUT2D eigenvalue weighted by Gasteiger charge is 2.35. The maximum atomic E-state index is 6.41. The Morgan fingerprint density at radius 1 is 0.364 bits per heavy atom. The van der Waals surface area contributed by atoms with E-state index in [1.54, 1.807) is 0 Å². The Labute approximate surface area is 320 Å². The van der Waals surface area contributed by atoms with Crippen LogP contribution in [0.2, 0.25) is 0 Å². The molecule has 1 aromatic heterocycles. The first-order valence-electron chi connectivity index (χ1n) is 19.1. The molecular weight excluding hydrogens is 667 g/mol. The Morgan fingerprint density at radius 3 is 1.71 bits per heavy atom. The molecule has 2 nitrogen and oxygen atoms in total. The van der Waals surface area contributed by atoms with Gasteiger partial charge < -0.3 is 9.32 Å². The second kappa shape index (κ2) is 12.1. The molecule has 55 heavy (non-hydrogen) atoms. The number of para-hydroxylation sites is 1. The lowest BCUT2D eigenvalue weighted by Crippen LogP contribution is -2.16. The van der Waals surface area contributed by atoms with Gasteiger partial charge in [0.05, 0.1) is 0 Å². The van der Waals surface area contributed by atoms with Gasteiger partial charge in [0.15, 0.2) is 0 Å². The molecule has 1 heterocycles. The summed E-state index contributed by atoms with van der Waals surface area (Å²) < 4.78 is 6.41. The van der Waals surface area contributed by atoms with Crippen molar-refractivity contribution in [3.63, 3.8) is 0 Å². The second-order valence-corrected chi connectivity index (χ2v) is 15.4. The number of anilines is 3. The molecule has 0 radical (unpaired) electrons. The highest BCUT2D eigenvalue weighted by atomic mass is 16.3. The Hall–Kier alpha value is -6.90. The summed E-state index contributed by atoms with van der Waals surface area (Å²) in [7, 11) is 0. The topological polar surface area (TPSA) is 16.4 Å². The number of furan rings is 1. The third-order valence-corrected chi connectivity index (χ3v) is 11.8. The van der Waals surface area contributed by atoms with Crippen molar-refractivity contribution in [1.82, 2.24) is 0 Å². The van der Waals surface area contributed by atoms with E-state index in [0.29, 0.717) is 0 Å². The molecule has 0 fully saturated rings. The molecule has 10 aromatic rings. The van der Waals surface area contributed by atoms with Crippen molar-refractivity contribution < 1.29 is 4.42 Å². The quantitative estimate of drug-likeness (QED) is 0.177. The van der Waals surface area contributed by atoms with Crippen LogP contribution in [-0.2, 0) is 5.41 Å². The highest BCUT2D eigenvalue weighted by molar-refractivity contribution is 6.06. The van der Waals surface area contributed by atoms with E-state index in [4.69, 9.17) is 4.42 Å². The first-order valence-corrected chi connectivity index (χ1v) is 19.1. The standard InChI is InChI=1S/C53H37NO/c1-53(2)49-13-7-5-11-45(49)46-27-25-43(32-50(46)53)54(44-26-28-48-47-12-6-8-14-51(47)55-52(48)33-44)42-23-21-35(22-24-42)38-18-16-36-17-20-40(31-41(36)30-38)39-19-15-34-9-3-4-10-37(34)29-39/h3-33H,1-2H3. The average molecular weight is 704 g/mol. The van der Waals surface area contributed by atoms with Gasteiger partial charge in [-0.1, -0.05) is 135 Å². The van der Waals surface area contributed by atoms with Crippen molar-refractivity contribution in [3.05, 3.63) is 199 Å². The van der Waals surface area contributed by atoms with Crippen molar-refractivity contribution in [2.24, 2.45) is 0 Å². The Bertz CT molecular complexity index is 3130. The minimum atomic E-state index is -0.107. The fraction of sp³-hybridized carbons (Fsp3) is 0.0566. The monoisotopic (exact) mass is 703 g/mol. The zero-order chi connectivity index (χ0) is 36.7.